The number of halogens is 2. The van der Waals surface area contributed by atoms with Crippen LogP contribution in [0.1, 0.15) is 24.6 Å². The number of benzene rings is 2. The average Bonchev–Trinajstić information content (AvgIpc) is 3.19. The number of carbonyl (C=O) groups excluding carboxylic acids is 1. The van der Waals surface area contributed by atoms with E-state index >= 15 is 0 Å². The van der Waals surface area contributed by atoms with Gasteiger partial charge in [-0.1, -0.05) is 60.5 Å². The first kappa shape index (κ1) is 25.3. The lowest BCUT2D eigenvalue weighted by molar-refractivity contribution is -0.132. The van der Waals surface area contributed by atoms with Crippen LogP contribution in [-0.4, -0.2) is 41.2 Å². The van der Waals surface area contributed by atoms with Gasteiger partial charge in [-0.15, -0.1) is 0 Å². The quantitative estimate of drug-likeness (QED) is 0.389. The van der Waals surface area contributed by atoms with Crippen molar-refractivity contribution in [1.29, 1.82) is 0 Å². The Morgan fingerprint density at radius 3 is 2.36 bits per heavy atom. The van der Waals surface area contributed by atoms with Crippen molar-refractivity contribution in [2.24, 2.45) is 7.05 Å². The van der Waals surface area contributed by atoms with E-state index in [2.05, 4.69) is 0 Å². The fourth-order valence-corrected chi connectivity index (χ4v) is 5.71. The number of sulfonamides is 1. The van der Waals surface area contributed by atoms with Crippen LogP contribution in [-0.2, 0) is 35.0 Å². The maximum atomic E-state index is 13.5. The molecule has 9 heteroatoms. The molecule has 6 nitrogen and oxygen atoms in total. The van der Waals surface area contributed by atoms with Crippen molar-refractivity contribution in [1.82, 2.24) is 13.8 Å². The highest BCUT2D eigenvalue weighted by molar-refractivity contribution is 7.89. The summed E-state index contributed by atoms with van der Waals surface area (Å²) in [4.78, 5) is 15.0. The molecule has 0 bridgehead atoms. The number of aromatic nitrogens is 1. The monoisotopic (exact) mass is 507 g/mol. The summed E-state index contributed by atoms with van der Waals surface area (Å²) in [6.07, 6.45) is 2.46. The van der Waals surface area contributed by atoms with Crippen molar-refractivity contribution in [2.75, 3.05) is 13.1 Å². The number of hydrogen-bond acceptors (Lipinski definition) is 3. The fourth-order valence-electron chi connectivity index (χ4n) is 3.49. The van der Waals surface area contributed by atoms with Gasteiger partial charge < -0.3 is 9.47 Å². The molecule has 0 saturated heterocycles. The maximum Gasteiger partial charge on any atom is 0.245 e. The van der Waals surface area contributed by atoms with E-state index in [4.69, 9.17) is 23.2 Å². The van der Waals surface area contributed by atoms with E-state index in [1.54, 1.807) is 4.90 Å². The number of rotatable bonds is 10. The summed E-state index contributed by atoms with van der Waals surface area (Å²) in [5.41, 5.74) is 1.91. The van der Waals surface area contributed by atoms with Crippen LogP contribution < -0.4 is 0 Å². The van der Waals surface area contributed by atoms with Crippen molar-refractivity contribution in [3.63, 3.8) is 0 Å². The minimum Gasteiger partial charge on any atom is -0.353 e. The van der Waals surface area contributed by atoms with E-state index in [1.807, 2.05) is 67.2 Å². The van der Waals surface area contributed by atoms with Crippen molar-refractivity contribution in [2.45, 2.75) is 31.3 Å². The van der Waals surface area contributed by atoms with Gasteiger partial charge in [0.1, 0.15) is 4.90 Å². The summed E-state index contributed by atoms with van der Waals surface area (Å²) >= 11 is 12.2. The first-order chi connectivity index (χ1) is 15.7. The molecule has 0 aliphatic heterocycles. The van der Waals surface area contributed by atoms with E-state index in [0.29, 0.717) is 19.5 Å². The third kappa shape index (κ3) is 6.38. The normalized spacial score (nSPS) is 11.7. The highest BCUT2D eigenvalue weighted by Gasteiger charge is 2.30. The van der Waals surface area contributed by atoms with Crippen molar-refractivity contribution in [3.8, 4) is 0 Å². The largest absolute Gasteiger partial charge is 0.353 e. The van der Waals surface area contributed by atoms with Crippen molar-refractivity contribution in [3.05, 3.63) is 88.2 Å². The molecule has 0 aliphatic carbocycles. The molecule has 0 aliphatic rings. The zero-order valence-corrected chi connectivity index (χ0v) is 20.9. The Morgan fingerprint density at radius 2 is 1.73 bits per heavy atom. The van der Waals surface area contributed by atoms with E-state index in [1.165, 1.54) is 22.5 Å². The molecule has 176 valence electrons. The Labute approximate surface area is 205 Å². The first-order valence-corrected chi connectivity index (χ1v) is 12.8. The van der Waals surface area contributed by atoms with Gasteiger partial charge in [0.05, 0.1) is 18.1 Å². The predicted molar refractivity (Wildman–Crippen MR) is 132 cm³/mol. The number of nitrogens with zero attached hydrogens (tertiary/aromatic N) is 3. The maximum absolute atomic E-state index is 13.5. The van der Waals surface area contributed by atoms with Gasteiger partial charge >= 0.3 is 0 Å². The molecule has 0 spiro atoms. The average molecular weight is 508 g/mol. The lowest BCUT2D eigenvalue weighted by Gasteiger charge is -2.28. The SMILES string of the molecule is CCCN(CC(=O)N(Cc1ccccc1)Cc1cccn1C)S(=O)(=O)c1cc(Cl)ccc1Cl. The number of carbonyl (C=O) groups is 1. The predicted octanol–water partition coefficient (Wildman–Crippen LogP) is 4.96. The van der Waals surface area contributed by atoms with Crippen LogP contribution in [0, 0.1) is 0 Å². The Balaban J connectivity index is 1.89. The second-order valence-corrected chi connectivity index (χ2v) is 10.5. The topological polar surface area (TPSA) is 62.6 Å². The first-order valence-electron chi connectivity index (χ1n) is 10.6. The minimum atomic E-state index is -4.02. The molecule has 1 heterocycles. The van der Waals surface area contributed by atoms with Gasteiger partial charge in [-0.05, 0) is 42.3 Å². The van der Waals surface area contributed by atoms with Crippen molar-refractivity contribution >= 4 is 39.1 Å². The third-order valence-corrected chi connectivity index (χ3v) is 7.83. The lowest BCUT2D eigenvalue weighted by Crippen LogP contribution is -2.43. The van der Waals surface area contributed by atoms with Gasteiger partial charge in [-0.25, -0.2) is 8.42 Å². The van der Waals surface area contributed by atoms with Gasteiger partial charge in [-0.2, -0.15) is 4.31 Å². The number of amides is 1. The molecule has 2 aromatic carbocycles. The molecule has 3 aromatic rings. The van der Waals surface area contributed by atoms with E-state index in [-0.39, 0.29) is 33.9 Å². The van der Waals surface area contributed by atoms with E-state index in [0.717, 1.165) is 11.3 Å². The Bertz CT molecular complexity index is 1200. The molecule has 0 N–H and O–H groups in total. The summed E-state index contributed by atoms with van der Waals surface area (Å²) in [7, 11) is -2.11. The van der Waals surface area contributed by atoms with Crippen molar-refractivity contribution < 1.29 is 13.2 Å². The van der Waals surface area contributed by atoms with E-state index < -0.39 is 10.0 Å². The highest BCUT2D eigenvalue weighted by Crippen LogP contribution is 2.28. The lowest BCUT2D eigenvalue weighted by atomic mass is 10.2. The Hall–Kier alpha value is -2.32. The molecular weight excluding hydrogens is 481 g/mol. The Morgan fingerprint density at radius 1 is 1.00 bits per heavy atom. The van der Waals surface area contributed by atoms with Crippen LogP contribution in [0.4, 0.5) is 0 Å². The highest BCUT2D eigenvalue weighted by atomic mass is 35.5. The van der Waals surface area contributed by atoms with Crippen LogP contribution in [0.2, 0.25) is 10.0 Å². The second-order valence-electron chi connectivity index (χ2n) is 7.76. The van der Waals surface area contributed by atoms with Crippen LogP contribution in [0.5, 0.6) is 0 Å². The fraction of sp³-hybridized carbons (Fsp3) is 0.292. The Kier molecular flexibility index (Phi) is 8.59. The molecule has 3 rings (SSSR count). The third-order valence-electron chi connectivity index (χ3n) is 5.27. The summed E-state index contributed by atoms with van der Waals surface area (Å²) < 4.78 is 29.9. The smallest absolute Gasteiger partial charge is 0.245 e. The molecule has 0 atom stereocenters. The van der Waals surface area contributed by atoms with Crippen LogP contribution in [0.3, 0.4) is 0 Å². The van der Waals surface area contributed by atoms with Gasteiger partial charge in [-0.3, -0.25) is 4.79 Å². The molecular formula is C24H27Cl2N3O3S. The van der Waals surface area contributed by atoms with Gasteiger partial charge in [0, 0.05) is 37.1 Å². The van der Waals surface area contributed by atoms with Crippen LogP contribution >= 0.6 is 23.2 Å². The van der Waals surface area contributed by atoms with Crippen LogP contribution in [0.25, 0.3) is 0 Å². The van der Waals surface area contributed by atoms with Crippen LogP contribution in [0.15, 0.2) is 71.8 Å². The molecule has 0 fully saturated rings. The standard InChI is InChI=1S/C24H27Cl2N3O3S/c1-3-13-29(33(31,32)23-15-20(25)11-12-22(23)26)18-24(30)28(16-19-8-5-4-6-9-19)17-21-10-7-14-27(21)2/h4-12,14-15H,3,13,16-18H2,1-2H3. The minimum absolute atomic E-state index is 0.0675. The molecule has 0 saturated carbocycles. The zero-order valence-electron chi connectivity index (χ0n) is 18.6. The molecule has 33 heavy (non-hydrogen) atoms. The van der Waals surface area contributed by atoms with Gasteiger partial charge in [0.2, 0.25) is 15.9 Å². The number of aryl methyl sites for hydroxylation is 1. The summed E-state index contributed by atoms with van der Waals surface area (Å²) in [6, 6.07) is 17.8. The molecule has 1 amide bonds. The zero-order chi connectivity index (χ0) is 24.0. The summed E-state index contributed by atoms with van der Waals surface area (Å²) in [5.74, 6) is -0.296. The van der Waals surface area contributed by atoms with Gasteiger partial charge in [0.25, 0.3) is 0 Å². The molecule has 0 radical (unpaired) electrons. The summed E-state index contributed by atoms with van der Waals surface area (Å²) in [5, 5.41) is 0.327. The van der Waals surface area contributed by atoms with Gasteiger partial charge in [0.15, 0.2) is 0 Å². The second kappa shape index (κ2) is 11.2. The molecule has 0 unspecified atom stereocenters. The van der Waals surface area contributed by atoms with E-state index in [9.17, 15) is 13.2 Å². The molecule has 1 aromatic heterocycles. The summed E-state index contributed by atoms with van der Waals surface area (Å²) in [6.45, 7) is 2.47. The number of hydrogen-bond donors (Lipinski definition) is 0.